The van der Waals surface area contributed by atoms with E-state index in [-0.39, 0.29) is 24.0 Å². The van der Waals surface area contributed by atoms with E-state index < -0.39 is 0 Å². The summed E-state index contributed by atoms with van der Waals surface area (Å²) in [5, 5.41) is 6.73. The number of halogens is 1. The summed E-state index contributed by atoms with van der Waals surface area (Å²) in [6, 6.07) is 14.6. The molecule has 0 radical (unpaired) electrons. The molecule has 2 aromatic rings. The summed E-state index contributed by atoms with van der Waals surface area (Å²) >= 11 is 0. The van der Waals surface area contributed by atoms with Crippen molar-refractivity contribution in [2.45, 2.75) is 33.7 Å². The Bertz CT molecular complexity index is 675. The van der Waals surface area contributed by atoms with Crippen LogP contribution in [-0.4, -0.2) is 37.1 Å². The van der Waals surface area contributed by atoms with Crippen LogP contribution in [0.5, 0.6) is 0 Å². The Kier molecular flexibility index (Phi) is 11.5. The molecule has 0 amide bonds. The van der Waals surface area contributed by atoms with Crippen molar-refractivity contribution in [3.05, 3.63) is 59.9 Å². The Balaban J connectivity index is 0.00000364. The second-order valence-electron chi connectivity index (χ2n) is 6.16. The molecule has 0 fully saturated rings. The first-order valence-corrected chi connectivity index (χ1v) is 9.47. The molecule has 27 heavy (non-hydrogen) atoms. The van der Waals surface area contributed by atoms with Gasteiger partial charge in [-0.15, -0.1) is 24.0 Å². The number of nitrogens with zero attached hydrogens (tertiary/aromatic N) is 3. The zero-order valence-corrected chi connectivity index (χ0v) is 18.9. The maximum absolute atomic E-state index is 4.66. The first kappa shape index (κ1) is 23.2. The summed E-state index contributed by atoms with van der Waals surface area (Å²) < 4.78 is 0. The molecule has 6 heteroatoms. The first-order chi connectivity index (χ1) is 12.7. The Morgan fingerprint density at radius 1 is 1.07 bits per heavy atom. The van der Waals surface area contributed by atoms with Crippen molar-refractivity contribution in [1.82, 2.24) is 15.6 Å². The van der Waals surface area contributed by atoms with Crippen molar-refractivity contribution < 1.29 is 0 Å². The summed E-state index contributed by atoms with van der Waals surface area (Å²) in [5.41, 5.74) is 3.47. The van der Waals surface area contributed by atoms with Gasteiger partial charge >= 0.3 is 0 Å². The number of hydrogen-bond acceptors (Lipinski definition) is 3. The highest BCUT2D eigenvalue weighted by Gasteiger charge is 2.04. The van der Waals surface area contributed by atoms with Gasteiger partial charge in [-0.25, -0.2) is 4.99 Å². The summed E-state index contributed by atoms with van der Waals surface area (Å²) in [4.78, 5) is 11.5. The second kappa shape index (κ2) is 13.4. The fourth-order valence-electron chi connectivity index (χ4n) is 2.76. The summed E-state index contributed by atoms with van der Waals surface area (Å²) in [6.07, 6.45) is 2.87. The number of anilines is 1. The minimum atomic E-state index is 0. The molecule has 0 saturated heterocycles. The Morgan fingerprint density at radius 3 is 2.52 bits per heavy atom. The molecule has 0 atom stereocenters. The molecule has 1 aromatic carbocycles. The second-order valence-corrected chi connectivity index (χ2v) is 6.16. The van der Waals surface area contributed by atoms with E-state index in [2.05, 4.69) is 82.7 Å². The Morgan fingerprint density at radius 2 is 1.85 bits per heavy atom. The molecule has 0 aliphatic carbocycles. The van der Waals surface area contributed by atoms with E-state index in [1.165, 1.54) is 11.3 Å². The van der Waals surface area contributed by atoms with Crippen molar-refractivity contribution in [3.63, 3.8) is 0 Å². The van der Waals surface area contributed by atoms with Crippen LogP contribution in [0.15, 0.2) is 53.7 Å². The number of para-hydroxylation sites is 1. The normalized spacial score (nSPS) is 10.9. The number of pyridine rings is 1. The number of aryl methyl sites for hydroxylation is 1. The smallest absolute Gasteiger partial charge is 0.191 e. The predicted octanol–water partition coefficient (Wildman–Crippen LogP) is 3.98. The monoisotopic (exact) mass is 481 g/mol. The van der Waals surface area contributed by atoms with Gasteiger partial charge in [0.2, 0.25) is 0 Å². The minimum absolute atomic E-state index is 0. The van der Waals surface area contributed by atoms with Crippen molar-refractivity contribution >= 4 is 35.6 Å². The van der Waals surface area contributed by atoms with Crippen LogP contribution in [0.25, 0.3) is 0 Å². The fourth-order valence-corrected chi connectivity index (χ4v) is 2.76. The molecule has 0 saturated carbocycles. The number of hydrogen-bond donors (Lipinski definition) is 2. The highest BCUT2D eigenvalue weighted by atomic mass is 127. The first-order valence-electron chi connectivity index (χ1n) is 9.47. The summed E-state index contributed by atoms with van der Waals surface area (Å²) in [6.45, 7) is 10.7. The summed E-state index contributed by atoms with van der Waals surface area (Å²) in [5.74, 6) is 0.848. The van der Waals surface area contributed by atoms with E-state index in [1.807, 2.05) is 12.3 Å². The van der Waals surface area contributed by atoms with Crippen molar-refractivity contribution in [2.75, 3.05) is 31.1 Å². The van der Waals surface area contributed by atoms with Crippen molar-refractivity contribution in [1.29, 1.82) is 0 Å². The van der Waals surface area contributed by atoms with Crippen LogP contribution in [0.2, 0.25) is 0 Å². The van der Waals surface area contributed by atoms with Crippen molar-refractivity contribution in [3.8, 4) is 0 Å². The maximum Gasteiger partial charge on any atom is 0.191 e. The standard InChI is InChI=1S/C21H31N5.HI/c1-4-22-21(25-17-20-18(3)11-9-14-23-20)24-15-10-16-26(5-2)19-12-7-6-8-13-19;/h6-9,11-14H,4-5,10,15-17H2,1-3H3,(H2,22,24,25);1H. The summed E-state index contributed by atoms with van der Waals surface area (Å²) in [7, 11) is 0. The predicted molar refractivity (Wildman–Crippen MR) is 126 cm³/mol. The number of rotatable bonds is 9. The van der Waals surface area contributed by atoms with Gasteiger partial charge in [0, 0.05) is 38.1 Å². The molecule has 0 unspecified atom stereocenters. The van der Waals surface area contributed by atoms with Gasteiger partial charge in [-0.3, -0.25) is 4.98 Å². The molecule has 1 aromatic heterocycles. The number of benzene rings is 1. The molecular weight excluding hydrogens is 449 g/mol. The lowest BCUT2D eigenvalue weighted by Gasteiger charge is -2.23. The van der Waals surface area contributed by atoms with Gasteiger partial charge in [0.1, 0.15) is 0 Å². The van der Waals surface area contributed by atoms with E-state index in [9.17, 15) is 0 Å². The Labute approximate surface area is 180 Å². The quantitative estimate of drug-likeness (QED) is 0.246. The Hall–Kier alpha value is -1.83. The lowest BCUT2D eigenvalue weighted by Crippen LogP contribution is -2.38. The molecule has 1 heterocycles. The highest BCUT2D eigenvalue weighted by Crippen LogP contribution is 2.12. The molecule has 5 nitrogen and oxygen atoms in total. The van der Waals surface area contributed by atoms with Gasteiger partial charge in [-0.1, -0.05) is 24.3 Å². The molecule has 148 valence electrons. The molecular formula is C21H32IN5. The number of guanidine groups is 1. The van der Waals surface area contributed by atoms with Crippen LogP contribution in [0.1, 0.15) is 31.5 Å². The zero-order chi connectivity index (χ0) is 18.6. The highest BCUT2D eigenvalue weighted by molar-refractivity contribution is 14.0. The molecule has 0 aliphatic heterocycles. The topological polar surface area (TPSA) is 52.6 Å². The van der Waals surface area contributed by atoms with E-state index in [0.29, 0.717) is 6.54 Å². The average molecular weight is 481 g/mol. The largest absolute Gasteiger partial charge is 0.372 e. The van der Waals surface area contributed by atoms with Gasteiger partial charge in [0.25, 0.3) is 0 Å². The number of aliphatic imine (C=N–C) groups is 1. The third kappa shape index (κ3) is 8.15. The van der Waals surface area contributed by atoms with E-state index in [4.69, 9.17) is 0 Å². The lowest BCUT2D eigenvalue weighted by atomic mass is 10.2. The molecule has 0 bridgehead atoms. The van der Waals surface area contributed by atoms with Gasteiger partial charge < -0.3 is 15.5 Å². The minimum Gasteiger partial charge on any atom is -0.372 e. The van der Waals surface area contributed by atoms with Crippen LogP contribution in [0.4, 0.5) is 5.69 Å². The van der Waals surface area contributed by atoms with Crippen LogP contribution >= 0.6 is 24.0 Å². The lowest BCUT2D eigenvalue weighted by molar-refractivity contribution is 0.708. The zero-order valence-electron chi connectivity index (χ0n) is 16.6. The number of aromatic nitrogens is 1. The molecule has 0 aliphatic rings. The van der Waals surface area contributed by atoms with Crippen LogP contribution in [0.3, 0.4) is 0 Å². The maximum atomic E-state index is 4.66. The fraction of sp³-hybridized carbons (Fsp3) is 0.429. The van der Waals surface area contributed by atoms with Crippen molar-refractivity contribution in [2.24, 2.45) is 4.99 Å². The number of nitrogens with one attached hydrogen (secondary N) is 2. The third-order valence-electron chi connectivity index (χ3n) is 4.25. The van der Waals surface area contributed by atoms with E-state index in [0.717, 1.165) is 44.3 Å². The SMILES string of the molecule is CCNC(=NCc1ncccc1C)NCCCN(CC)c1ccccc1.I. The van der Waals surface area contributed by atoms with Gasteiger partial charge in [0.15, 0.2) is 5.96 Å². The van der Waals surface area contributed by atoms with Crippen LogP contribution < -0.4 is 15.5 Å². The average Bonchev–Trinajstić information content (AvgIpc) is 2.68. The third-order valence-corrected chi connectivity index (χ3v) is 4.25. The molecule has 0 spiro atoms. The van der Waals surface area contributed by atoms with E-state index in [1.54, 1.807) is 0 Å². The van der Waals surface area contributed by atoms with Gasteiger partial charge in [-0.05, 0) is 51.0 Å². The van der Waals surface area contributed by atoms with Gasteiger partial charge in [-0.2, -0.15) is 0 Å². The molecule has 2 rings (SSSR count). The van der Waals surface area contributed by atoms with E-state index >= 15 is 0 Å². The van der Waals surface area contributed by atoms with Crippen LogP contribution in [-0.2, 0) is 6.54 Å². The van der Waals surface area contributed by atoms with Gasteiger partial charge in [0.05, 0.1) is 12.2 Å². The molecule has 2 N–H and O–H groups in total. The van der Waals surface area contributed by atoms with Crippen LogP contribution in [0, 0.1) is 6.92 Å².